The molecular weight excluding hydrogens is 206 g/mol. The summed E-state index contributed by atoms with van der Waals surface area (Å²) in [5, 5.41) is 0. The monoisotopic (exact) mass is 223 g/mol. The molecule has 2 nitrogen and oxygen atoms in total. The fourth-order valence-electron chi connectivity index (χ4n) is 2.77. The maximum absolute atomic E-state index is 5.79. The summed E-state index contributed by atoms with van der Waals surface area (Å²) in [6.07, 6.45) is 6.52. The van der Waals surface area contributed by atoms with Crippen molar-refractivity contribution in [1.82, 2.24) is 0 Å². The molecule has 15 heavy (non-hydrogen) atoms. The van der Waals surface area contributed by atoms with Crippen molar-refractivity contribution in [3.05, 3.63) is 20.9 Å². The molecule has 0 fully saturated rings. The molecule has 1 aliphatic heterocycles. The van der Waals surface area contributed by atoms with Gasteiger partial charge >= 0.3 is 0 Å². The first-order chi connectivity index (χ1) is 7.40. The molecular formula is C12H17NOS. The first kappa shape index (κ1) is 9.82. The molecule has 3 heteroatoms. The van der Waals surface area contributed by atoms with E-state index < -0.39 is 0 Å². The van der Waals surface area contributed by atoms with Gasteiger partial charge in [-0.15, -0.1) is 11.3 Å². The van der Waals surface area contributed by atoms with Gasteiger partial charge in [0.2, 0.25) is 0 Å². The third kappa shape index (κ3) is 1.53. The molecule has 0 spiro atoms. The van der Waals surface area contributed by atoms with Crippen LogP contribution in [0.5, 0.6) is 0 Å². The Morgan fingerprint density at radius 3 is 2.93 bits per heavy atom. The number of hydrogen-bond acceptors (Lipinski definition) is 3. The SMILES string of the molecule is NCC1OCCc2sc3c(c21)CCCC3. The van der Waals surface area contributed by atoms with Crippen molar-refractivity contribution in [2.24, 2.45) is 5.73 Å². The minimum Gasteiger partial charge on any atom is -0.372 e. The van der Waals surface area contributed by atoms with Gasteiger partial charge in [-0.3, -0.25) is 0 Å². The van der Waals surface area contributed by atoms with E-state index in [-0.39, 0.29) is 6.10 Å². The number of rotatable bonds is 1. The molecule has 1 aliphatic carbocycles. The molecule has 0 amide bonds. The molecule has 0 saturated heterocycles. The predicted molar refractivity (Wildman–Crippen MR) is 62.4 cm³/mol. The van der Waals surface area contributed by atoms with Gasteiger partial charge in [0.1, 0.15) is 0 Å². The van der Waals surface area contributed by atoms with E-state index in [2.05, 4.69) is 0 Å². The van der Waals surface area contributed by atoms with Gasteiger partial charge in [0.25, 0.3) is 0 Å². The number of nitrogens with two attached hydrogens (primary N) is 1. The predicted octanol–water partition coefficient (Wildman–Crippen LogP) is 2.20. The second kappa shape index (κ2) is 3.89. The van der Waals surface area contributed by atoms with Gasteiger partial charge in [0.05, 0.1) is 12.7 Å². The lowest BCUT2D eigenvalue weighted by Gasteiger charge is -2.24. The first-order valence-corrected chi connectivity index (χ1v) is 6.66. The minimum atomic E-state index is 0.187. The van der Waals surface area contributed by atoms with Crippen LogP contribution in [0.4, 0.5) is 0 Å². The lowest BCUT2D eigenvalue weighted by Crippen LogP contribution is -2.23. The third-order valence-electron chi connectivity index (χ3n) is 3.47. The zero-order chi connectivity index (χ0) is 10.3. The highest BCUT2D eigenvalue weighted by Gasteiger charge is 2.28. The average Bonchev–Trinajstić information content (AvgIpc) is 2.67. The van der Waals surface area contributed by atoms with E-state index in [1.165, 1.54) is 31.2 Å². The summed E-state index contributed by atoms with van der Waals surface area (Å²) in [7, 11) is 0. The van der Waals surface area contributed by atoms with E-state index >= 15 is 0 Å². The average molecular weight is 223 g/mol. The van der Waals surface area contributed by atoms with Crippen LogP contribution in [-0.2, 0) is 24.0 Å². The molecule has 0 radical (unpaired) electrons. The molecule has 1 aromatic heterocycles. The zero-order valence-electron chi connectivity index (χ0n) is 8.92. The molecule has 3 rings (SSSR count). The van der Waals surface area contributed by atoms with Crippen LogP contribution in [0.25, 0.3) is 0 Å². The maximum atomic E-state index is 5.79. The smallest absolute Gasteiger partial charge is 0.0960 e. The van der Waals surface area contributed by atoms with Crippen molar-refractivity contribution in [2.75, 3.05) is 13.2 Å². The Hall–Kier alpha value is -0.380. The second-order valence-corrected chi connectivity index (χ2v) is 5.58. The van der Waals surface area contributed by atoms with Gasteiger partial charge in [-0.25, -0.2) is 0 Å². The molecule has 1 atom stereocenters. The van der Waals surface area contributed by atoms with Gasteiger partial charge < -0.3 is 10.5 Å². The van der Waals surface area contributed by atoms with Gasteiger partial charge in [0.15, 0.2) is 0 Å². The van der Waals surface area contributed by atoms with Crippen molar-refractivity contribution in [2.45, 2.75) is 38.2 Å². The van der Waals surface area contributed by atoms with Crippen LogP contribution in [0.2, 0.25) is 0 Å². The Labute approximate surface area is 94.4 Å². The Balaban J connectivity index is 2.08. The molecule has 1 unspecified atom stereocenters. The normalized spacial score (nSPS) is 24.7. The van der Waals surface area contributed by atoms with E-state index in [0.717, 1.165) is 13.0 Å². The highest BCUT2D eigenvalue weighted by atomic mass is 32.1. The fourth-order valence-corrected chi connectivity index (χ4v) is 4.20. The van der Waals surface area contributed by atoms with Crippen molar-refractivity contribution in [1.29, 1.82) is 0 Å². The molecule has 2 N–H and O–H groups in total. The topological polar surface area (TPSA) is 35.2 Å². The molecule has 82 valence electrons. The lowest BCUT2D eigenvalue weighted by molar-refractivity contribution is 0.0490. The highest BCUT2D eigenvalue weighted by molar-refractivity contribution is 7.12. The molecule has 2 heterocycles. The van der Waals surface area contributed by atoms with Crippen LogP contribution >= 0.6 is 11.3 Å². The zero-order valence-corrected chi connectivity index (χ0v) is 9.74. The molecule has 2 aliphatic rings. The Morgan fingerprint density at radius 2 is 2.07 bits per heavy atom. The van der Waals surface area contributed by atoms with Crippen molar-refractivity contribution in [3.8, 4) is 0 Å². The van der Waals surface area contributed by atoms with E-state index in [0.29, 0.717) is 6.54 Å². The quantitative estimate of drug-likeness (QED) is 0.792. The van der Waals surface area contributed by atoms with Crippen molar-refractivity contribution < 1.29 is 4.74 Å². The second-order valence-electron chi connectivity index (χ2n) is 4.39. The van der Waals surface area contributed by atoms with E-state index in [4.69, 9.17) is 10.5 Å². The maximum Gasteiger partial charge on any atom is 0.0960 e. The van der Waals surface area contributed by atoms with Crippen LogP contribution < -0.4 is 5.73 Å². The van der Waals surface area contributed by atoms with Crippen molar-refractivity contribution in [3.63, 3.8) is 0 Å². The number of hydrogen-bond donors (Lipinski definition) is 1. The molecule has 0 aromatic carbocycles. The fraction of sp³-hybridized carbons (Fsp3) is 0.667. The number of thiophene rings is 1. The summed E-state index contributed by atoms with van der Waals surface area (Å²) in [6, 6.07) is 0. The minimum absolute atomic E-state index is 0.187. The van der Waals surface area contributed by atoms with Gasteiger partial charge in [-0.05, 0) is 36.8 Å². The van der Waals surface area contributed by atoms with Crippen LogP contribution in [-0.4, -0.2) is 13.2 Å². The summed E-state index contributed by atoms with van der Waals surface area (Å²) in [5.41, 5.74) is 8.86. The largest absolute Gasteiger partial charge is 0.372 e. The Bertz CT molecular complexity index is 372. The van der Waals surface area contributed by atoms with Crippen molar-refractivity contribution >= 4 is 11.3 Å². The summed E-state index contributed by atoms with van der Waals surface area (Å²) >= 11 is 2.02. The van der Waals surface area contributed by atoms with E-state index in [1.807, 2.05) is 11.3 Å². The standard InChI is InChI=1S/C12H17NOS/c13-7-9-12-8-3-1-2-4-10(8)15-11(12)5-6-14-9/h9H,1-7,13H2. The number of ether oxygens (including phenoxy) is 1. The third-order valence-corrected chi connectivity index (χ3v) is 4.84. The lowest BCUT2D eigenvalue weighted by atomic mass is 9.91. The Kier molecular flexibility index (Phi) is 2.54. The van der Waals surface area contributed by atoms with Gasteiger partial charge in [0, 0.05) is 22.7 Å². The molecule has 0 saturated carbocycles. The van der Waals surface area contributed by atoms with Crippen LogP contribution in [0.1, 0.15) is 39.8 Å². The van der Waals surface area contributed by atoms with Crippen LogP contribution in [0.15, 0.2) is 0 Å². The van der Waals surface area contributed by atoms with Crippen LogP contribution in [0, 0.1) is 0 Å². The van der Waals surface area contributed by atoms with E-state index in [1.54, 1.807) is 15.3 Å². The summed E-state index contributed by atoms with van der Waals surface area (Å²) < 4.78 is 5.76. The molecule has 0 bridgehead atoms. The Morgan fingerprint density at radius 1 is 1.20 bits per heavy atom. The number of fused-ring (bicyclic) bond motifs is 3. The highest BCUT2D eigenvalue weighted by Crippen LogP contribution is 2.40. The first-order valence-electron chi connectivity index (χ1n) is 5.85. The van der Waals surface area contributed by atoms with Gasteiger partial charge in [-0.2, -0.15) is 0 Å². The number of aryl methyl sites for hydroxylation is 1. The summed E-state index contributed by atoms with van der Waals surface area (Å²) in [6.45, 7) is 1.49. The van der Waals surface area contributed by atoms with E-state index in [9.17, 15) is 0 Å². The summed E-state index contributed by atoms with van der Waals surface area (Å²) in [4.78, 5) is 3.18. The molecule has 1 aromatic rings. The van der Waals surface area contributed by atoms with Crippen LogP contribution in [0.3, 0.4) is 0 Å². The summed E-state index contributed by atoms with van der Waals surface area (Å²) in [5.74, 6) is 0. The van der Waals surface area contributed by atoms with Gasteiger partial charge in [-0.1, -0.05) is 0 Å².